The summed E-state index contributed by atoms with van der Waals surface area (Å²) >= 11 is 0. The van der Waals surface area contributed by atoms with Gasteiger partial charge in [0.15, 0.2) is 0 Å². The normalized spacial score (nSPS) is 23.2. The van der Waals surface area contributed by atoms with Gasteiger partial charge in [0.05, 0.1) is 0 Å². The molecule has 16 heavy (non-hydrogen) atoms. The molecule has 1 aromatic rings. The van der Waals surface area contributed by atoms with Gasteiger partial charge in [-0.3, -0.25) is 9.69 Å². The van der Waals surface area contributed by atoms with Crippen molar-refractivity contribution in [2.24, 2.45) is 5.92 Å². The molecule has 3 heteroatoms. The molecule has 2 rings (SSSR count). The average molecular weight is 219 g/mol. The number of benzene rings is 1. The third-order valence-corrected chi connectivity index (χ3v) is 3.17. The predicted octanol–water partition coefficient (Wildman–Crippen LogP) is 2.15. The van der Waals surface area contributed by atoms with Crippen LogP contribution in [0.25, 0.3) is 0 Å². The minimum absolute atomic E-state index is 0.480. The van der Waals surface area contributed by atoms with Gasteiger partial charge < -0.3 is 5.11 Å². The third kappa shape index (κ3) is 2.25. The van der Waals surface area contributed by atoms with Crippen LogP contribution < -0.4 is 0 Å². The van der Waals surface area contributed by atoms with Crippen molar-refractivity contribution < 1.29 is 9.90 Å². The molecule has 2 atom stereocenters. The van der Waals surface area contributed by atoms with Gasteiger partial charge in [-0.15, -0.1) is 0 Å². The summed E-state index contributed by atoms with van der Waals surface area (Å²) in [5.41, 5.74) is 0.879. The van der Waals surface area contributed by atoms with Crippen LogP contribution in [0.5, 0.6) is 0 Å². The Morgan fingerprint density at radius 3 is 2.62 bits per heavy atom. The van der Waals surface area contributed by atoms with Crippen LogP contribution in [0.15, 0.2) is 30.3 Å². The molecule has 0 aromatic heterocycles. The van der Waals surface area contributed by atoms with Gasteiger partial charge in [-0.2, -0.15) is 0 Å². The summed E-state index contributed by atoms with van der Waals surface area (Å²) < 4.78 is 0. The van der Waals surface area contributed by atoms with Crippen molar-refractivity contribution in [1.29, 1.82) is 0 Å². The Bertz CT molecular complexity index is 363. The van der Waals surface area contributed by atoms with Crippen LogP contribution in [0.2, 0.25) is 0 Å². The predicted molar refractivity (Wildman–Crippen MR) is 62.2 cm³/mol. The Morgan fingerprint density at radius 1 is 1.44 bits per heavy atom. The topological polar surface area (TPSA) is 40.5 Å². The molecule has 0 aliphatic carbocycles. The number of aliphatic carboxylic acids is 1. The lowest BCUT2D eigenvalue weighted by atomic mass is 10.1. The van der Waals surface area contributed by atoms with Gasteiger partial charge in [-0.1, -0.05) is 37.3 Å². The maximum absolute atomic E-state index is 11.4. The van der Waals surface area contributed by atoms with Gasteiger partial charge >= 0.3 is 5.97 Å². The van der Waals surface area contributed by atoms with E-state index in [1.165, 1.54) is 0 Å². The van der Waals surface area contributed by atoms with E-state index in [2.05, 4.69) is 11.8 Å². The van der Waals surface area contributed by atoms with E-state index in [1.807, 2.05) is 30.3 Å². The maximum Gasteiger partial charge on any atom is 0.325 e. The minimum Gasteiger partial charge on any atom is -0.480 e. The Balaban J connectivity index is 2.21. The molecule has 2 unspecified atom stereocenters. The minimum atomic E-state index is -0.750. The first-order valence-corrected chi connectivity index (χ1v) is 5.70. The molecule has 86 valence electrons. The van der Waals surface area contributed by atoms with Crippen LogP contribution in [0.1, 0.15) is 24.9 Å². The van der Waals surface area contributed by atoms with Crippen LogP contribution in [0, 0.1) is 5.92 Å². The van der Waals surface area contributed by atoms with E-state index in [0.717, 1.165) is 25.1 Å². The van der Waals surface area contributed by atoms with E-state index >= 15 is 0 Å². The van der Waals surface area contributed by atoms with Crippen LogP contribution in [-0.2, 0) is 4.79 Å². The van der Waals surface area contributed by atoms with Crippen LogP contribution in [0.4, 0.5) is 0 Å². The molecular weight excluding hydrogens is 202 g/mol. The van der Waals surface area contributed by atoms with E-state index < -0.39 is 12.0 Å². The molecule has 1 fully saturated rings. The fourth-order valence-electron chi connectivity index (χ4n) is 2.35. The highest BCUT2D eigenvalue weighted by molar-refractivity contribution is 5.75. The summed E-state index contributed by atoms with van der Waals surface area (Å²) in [6, 6.07) is 9.00. The Labute approximate surface area is 95.7 Å². The number of carbonyl (C=O) groups is 1. The van der Waals surface area contributed by atoms with Crippen LogP contribution in [-0.4, -0.2) is 29.1 Å². The van der Waals surface area contributed by atoms with Crippen molar-refractivity contribution in [3.63, 3.8) is 0 Å². The summed E-state index contributed by atoms with van der Waals surface area (Å²) in [6.07, 6.45) is 1.09. The molecule has 0 amide bonds. The Kier molecular flexibility index (Phi) is 3.25. The second-order valence-electron chi connectivity index (χ2n) is 4.54. The van der Waals surface area contributed by atoms with Gasteiger partial charge in [0.25, 0.3) is 0 Å². The zero-order chi connectivity index (χ0) is 11.5. The highest BCUT2D eigenvalue weighted by Gasteiger charge is 2.31. The quantitative estimate of drug-likeness (QED) is 0.846. The first kappa shape index (κ1) is 11.1. The molecule has 1 aliphatic rings. The fraction of sp³-hybridized carbons (Fsp3) is 0.462. The first-order valence-electron chi connectivity index (χ1n) is 5.70. The summed E-state index contributed by atoms with van der Waals surface area (Å²) in [6.45, 7) is 3.93. The number of carboxylic acid groups (broad SMARTS) is 1. The molecule has 0 bridgehead atoms. The van der Waals surface area contributed by atoms with Crippen LogP contribution in [0.3, 0.4) is 0 Å². The average Bonchev–Trinajstić information content (AvgIpc) is 2.66. The molecule has 1 saturated heterocycles. The number of hydrogen-bond donors (Lipinski definition) is 1. The number of hydrogen-bond acceptors (Lipinski definition) is 2. The van der Waals surface area contributed by atoms with E-state index in [0.29, 0.717) is 5.92 Å². The largest absolute Gasteiger partial charge is 0.480 e. The molecule has 3 nitrogen and oxygen atoms in total. The van der Waals surface area contributed by atoms with Crippen LogP contribution >= 0.6 is 0 Å². The molecule has 0 spiro atoms. The summed E-state index contributed by atoms with van der Waals surface area (Å²) in [7, 11) is 0. The smallest absolute Gasteiger partial charge is 0.325 e. The lowest BCUT2D eigenvalue weighted by Gasteiger charge is -2.24. The molecular formula is C13H17NO2. The van der Waals surface area contributed by atoms with Crippen molar-refractivity contribution in [3.05, 3.63) is 35.9 Å². The molecule has 1 heterocycles. The molecule has 1 aromatic carbocycles. The van der Waals surface area contributed by atoms with Gasteiger partial charge in [-0.25, -0.2) is 0 Å². The van der Waals surface area contributed by atoms with Gasteiger partial charge in [0.1, 0.15) is 6.04 Å². The van der Waals surface area contributed by atoms with Gasteiger partial charge in [0, 0.05) is 6.54 Å². The standard InChI is InChI=1S/C13H17NO2/c1-10-7-8-14(9-10)12(13(15)16)11-5-3-2-4-6-11/h2-6,10,12H,7-9H2,1H3,(H,15,16). The molecule has 1 aliphatic heterocycles. The zero-order valence-electron chi connectivity index (χ0n) is 9.47. The van der Waals surface area contributed by atoms with E-state index in [-0.39, 0.29) is 0 Å². The lowest BCUT2D eigenvalue weighted by Crippen LogP contribution is -2.32. The third-order valence-electron chi connectivity index (χ3n) is 3.17. The van der Waals surface area contributed by atoms with E-state index in [1.54, 1.807) is 0 Å². The highest BCUT2D eigenvalue weighted by atomic mass is 16.4. The number of carboxylic acids is 1. The highest BCUT2D eigenvalue weighted by Crippen LogP contribution is 2.27. The monoisotopic (exact) mass is 219 g/mol. The molecule has 1 N–H and O–H groups in total. The maximum atomic E-state index is 11.4. The number of rotatable bonds is 3. The first-order chi connectivity index (χ1) is 7.68. The second kappa shape index (κ2) is 4.66. The van der Waals surface area contributed by atoms with Crippen molar-refractivity contribution in [3.8, 4) is 0 Å². The SMILES string of the molecule is CC1CCN(C(C(=O)O)c2ccccc2)C1. The summed E-state index contributed by atoms with van der Waals surface area (Å²) in [5, 5.41) is 9.33. The van der Waals surface area contributed by atoms with Gasteiger partial charge in [-0.05, 0) is 24.4 Å². The molecule has 0 radical (unpaired) electrons. The van der Waals surface area contributed by atoms with Crippen molar-refractivity contribution in [2.45, 2.75) is 19.4 Å². The second-order valence-corrected chi connectivity index (χ2v) is 4.54. The Morgan fingerprint density at radius 2 is 2.12 bits per heavy atom. The van der Waals surface area contributed by atoms with Crippen molar-refractivity contribution >= 4 is 5.97 Å². The van der Waals surface area contributed by atoms with E-state index in [9.17, 15) is 9.90 Å². The Hall–Kier alpha value is -1.35. The summed E-state index contributed by atoms with van der Waals surface area (Å²) in [4.78, 5) is 13.4. The fourth-order valence-corrected chi connectivity index (χ4v) is 2.35. The van der Waals surface area contributed by atoms with Crippen molar-refractivity contribution in [2.75, 3.05) is 13.1 Å². The number of likely N-dealkylation sites (tertiary alicyclic amines) is 1. The number of nitrogens with zero attached hydrogens (tertiary/aromatic N) is 1. The van der Waals surface area contributed by atoms with Gasteiger partial charge in [0.2, 0.25) is 0 Å². The zero-order valence-corrected chi connectivity index (χ0v) is 9.47. The van der Waals surface area contributed by atoms with Crippen molar-refractivity contribution in [1.82, 2.24) is 4.90 Å². The summed E-state index contributed by atoms with van der Waals surface area (Å²) in [5.74, 6) is -0.147. The molecule has 0 saturated carbocycles. The van der Waals surface area contributed by atoms with E-state index in [4.69, 9.17) is 0 Å². The lowest BCUT2D eigenvalue weighted by molar-refractivity contribution is -0.143.